The molecule has 4 aromatic rings. The Morgan fingerprint density at radius 2 is 1.87 bits per heavy atom. The molecule has 0 saturated carbocycles. The standard InChI is InChI=1S/C26H26ClFN8O3/c1-15(2)35(12-22(37)32-9-16-4-3-5-20(27)24(16)28)23(38)13-36-21-7-6-17(33-18-10-30-14-31-11-18)8-19(21)25(34-36)26(29)39/h3-8,10-11,14-15,33H,9,12-13H2,1-2H3,(H2,29,39)(H,32,37). The van der Waals surface area contributed by atoms with Gasteiger partial charge in [0.15, 0.2) is 5.69 Å². The molecule has 3 amide bonds. The van der Waals surface area contributed by atoms with Gasteiger partial charge in [0.1, 0.15) is 18.7 Å². The number of halogens is 2. The highest BCUT2D eigenvalue weighted by atomic mass is 35.5. The van der Waals surface area contributed by atoms with Crippen LogP contribution in [0.15, 0.2) is 55.1 Å². The highest BCUT2D eigenvalue weighted by Gasteiger charge is 2.23. The van der Waals surface area contributed by atoms with Gasteiger partial charge < -0.3 is 21.3 Å². The number of benzene rings is 2. The average molecular weight is 553 g/mol. The van der Waals surface area contributed by atoms with E-state index in [-0.39, 0.29) is 42.0 Å². The third-order valence-electron chi connectivity index (χ3n) is 5.88. The summed E-state index contributed by atoms with van der Waals surface area (Å²) in [5, 5.41) is 10.4. The fourth-order valence-corrected chi connectivity index (χ4v) is 4.15. The van der Waals surface area contributed by atoms with Gasteiger partial charge >= 0.3 is 0 Å². The SMILES string of the molecule is CC(C)N(CC(=O)NCc1cccc(Cl)c1F)C(=O)Cn1nc(C(N)=O)c2cc(Nc3cncnc3)ccc21. The Morgan fingerprint density at radius 3 is 2.56 bits per heavy atom. The van der Waals surface area contributed by atoms with Crippen LogP contribution in [0.1, 0.15) is 29.9 Å². The molecule has 0 spiro atoms. The van der Waals surface area contributed by atoms with Crippen LogP contribution in [0.5, 0.6) is 0 Å². The first-order chi connectivity index (χ1) is 18.6. The monoisotopic (exact) mass is 552 g/mol. The number of anilines is 2. The molecule has 0 atom stereocenters. The molecular formula is C26H26ClFN8O3. The Balaban J connectivity index is 1.50. The Bertz CT molecular complexity index is 1530. The second-order valence-electron chi connectivity index (χ2n) is 8.96. The summed E-state index contributed by atoms with van der Waals surface area (Å²) in [5.41, 5.74) is 7.59. The highest BCUT2D eigenvalue weighted by molar-refractivity contribution is 6.30. The van der Waals surface area contributed by atoms with Crippen molar-refractivity contribution in [2.75, 3.05) is 11.9 Å². The van der Waals surface area contributed by atoms with Crippen molar-refractivity contribution in [2.45, 2.75) is 33.0 Å². The van der Waals surface area contributed by atoms with Crippen LogP contribution in [0.2, 0.25) is 5.02 Å². The lowest BCUT2D eigenvalue weighted by Crippen LogP contribution is -2.45. The molecule has 4 rings (SSSR count). The van der Waals surface area contributed by atoms with Crippen LogP contribution in [-0.2, 0) is 22.7 Å². The molecule has 0 saturated heterocycles. The topological polar surface area (TPSA) is 148 Å². The first kappa shape index (κ1) is 27.5. The maximum atomic E-state index is 14.1. The van der Waals surface area contributed by atoms with E-state index < -0.39 is 23.5 Å². The fraction of sp³-hybridized carbons (Fsp3) is 0.231. The smallest absolute Gasteiger partial charge is 0.269 e. The second kappa shape index (κ2) is 11.9. The van der Waals surface area contributed by atoms with E-state index >= 15 is 0 Å². The number of hydrogen-bond donors (Lipinski definition) is 3. The predicted octanol–water partition coefficient (Wildman–Crippen LogP) is 3.01. The maximum Gasteiger partial charge on any atom is 0.269 e. The van der Waals surface area contributed by atoms with E-state index in [1.54, 1.807) is 50.5 Å². The van der Waals surface area contributed by atoms with Gasteiger partial charge in [-0.2, -0.15) is 5.10 Å². The van der Waals surface area contributed by atoms with Gasteiger partial charge in [-0.15, -0.1) is 0 Å². The third-order valence-corrected chi connectivity index (χ3v) is 6.18. The number of fused-ring (bicyclic) bond motifs is 1. The van der Waals surface area contributed by atoms with Crippen LogP contribution in [0, 0.1) is 5.82 Å². The molecule has 0 aliphatic rings. The highest BCUT2D eigenvalue weighted by Crippen LogP contribution is 2.25. The number of carbonyl (C=O) groups is 3. The minimum atomic E-state index is -0.750. The maximum absolute atomic E-state index is 14.1. The van der Waals surface area contributed by atoms with Crippen LogP contribution in [0.25, 0.3) is 10.9 Å². The van der Waals surface area contributed by atoms with Gasteiger partial charge in [-0.05, 0) is 38.1 Å². The van der Waals surface area contributed by atoms with Crippen LogP contribution < -0.4 is 16.4 Å². The molecular weight excluding hydrogens is 527 g/mol. The molecule has 11 nitrogen and oxygen atoms in total. The van der Waals surface area contributed by atoms with E-state index in [2.05, 4.69) is 25.7 Å². The summed E-state index contributed by atoms with van der Waals surface area (Å²) in [7, 11) is 0. The molecule has 2 heterocycles. The lowest BCUT2D eigenvalue weighted by atomic mass is 10.1. The number of aromatic nitrogens is 4. The molecule has 2 aromatic carbocycles. The van der Waals surface area contributed by atoms with Crippen molar-refractivity contribution >= 4 is 51.6 Å². The first-order valence-corrected chi connectivity index (χ1v) is 12.3. The van der Waals surface area contributed by atoms with Crippen molar-refractivity contribution in [3.05, 3.63) is 77.2 Å². The summed E-state index contributed by atoms with van der Waals surface area (Å²) >= 11 is 5.80. The van der Waals surface area contributed by atoms with Gasteiger partial charge in [0.2, 0.25) is 11.8 Å². The quantitative estimate of drug-likeness (QED) is 0.274. The average Bonchev–Trinajstić information content (AvgIpc) is 3.26. The number of nitrogens with one attached hydrogen (secondary N) is 2. The summed E-state index contributed by atoms with van der Waals surface area (Å²) in [5.74, 6) is -2.24. The van der Waals surface area contributed by atoms with E-state index in [9.17, 15) is 18.8 Å². The molecule has 39 heavy (non-hydrogen) atoms. The van der Waals surface area contributed by atoms with Crippen molar-refractivity contribution < 1.29 is 18.8 Å². The van der Waals surface area contributed by atoms with Gasteiger partial charge in [-0.1, -0.05) is 23.7 Å². The van der Waals surface area contributed by atoms with Gasteiger partial charge in [-0.25, -0.2) is 14.4 Å². The van der Waals surface area contributed by atoms with E-state index in [0.29, 0.717) is 22.3 Å². The number of nitrogens with zero attached hydrogens (tertiary/aromatic N) is 5. The number of primary amides is 1. The normalized spacial score (nSPS) is 11.0. The van der Waals surface area contributed by atoms with E-state index in [1.165, 1.54) is 28.0 Å². The van der Waals surface area contributed by atoms with Crippen molar-refractivity contribution in [1.29, 1.82) is 0 Å². The Morgan fingerprint density at radius 1 is 1.13 bits per heavy atom. The number of carbonyl (C=O) groups excluding carboxylic acids is 3. The second-order valence-corrected chi connectivity index (χ2v) is 9.37. The summed E-state index contributed by atoms with van der Waals surface area (Å²) in [6.07, 6.45) is 4.59. The zero-order valence-electron chi connectivity index (χ0n) is 21.2. The number of amides is 3. The van der Waals surface area contributed by atoms with Gasteiger partial charge in [0.25, 0.3) is 5.91 Å². The summed E-state index contributed by atoms with van der Waals surface area (Å²) in [4.78, 5) is 47.3. The fourth-order valence-electron chi connectivity index (χ4n) is 3.96. The van der Waals surface area contributed by atoms with Gasteiger partial charge in [0, 0.05) is 29.2 Å². The van der Waals surface area contributed by atoms with E-state index in [0.717, 1.165) is 0 Å². The van der Waals surface area contributed by atoms with Crippen molar-refractivity contribution in [3.8, 4) is 0 Å². The Labute approximate surface area is 228 Å². The largest absolute Gasteiger partial charge is 0.364 e. The number of rotatable bonds is 10. The van der Waals surface area contributed by atoms with E-state index in [4.69, 9.17) is 17.3 Å². The van der Waals surface area contributed by atoms with Crippen LogP contribution in [-0.4, -0.2) is 55.0 Å². The minimum Gasteiger partial charge on any atom is -0.364 e. The first-order valence-electron chi connectivity index (χ1n) is 12.0. The molecule has 0 unspecified atom stereocenters. The van der Waals surface area contributed by atoms with Crippen molar-refractivity contribution in [3.63, 3.8) is 0 Å². The van der Waals surface area contributed by atoms with Gasteiger partial charge in [0.05, 0.1) is 35.2 Å². The van der Waals surface area contributed by atoms with Crippen molar-refractivity contribution in [2.24, 2.45) is 5.73 Å². The summed E-state index contributed by atoms with van der Waals surface area (Å²) in [6, 6.07) is 9.35. The molecule has 0 aliphatic carbocycles. The molecule has 0 bridgehead atoms. The predicted molar refractivity (Wildman–Crippen MR) is 144 cm³/mol. The third kappa shape index (κ3) is 6.47. The molecule has 202 valence electrons. The molecule has 13 heteroatoms. The molecule has 0 radical (unpaired) electrons. The molecule has 0 fully saturated rings. The van der Waals surface area contributed by atoms with Crippen LogP contribution >= 0.6 is 11.6 Å². The summed E-state index contributed by atoms with van der Waals surface area (Å²) < 4.78 is 15.5. The molecule has 2 aromatic heterocycles. The Hall–Kier alpha value is -4.58. The molecule has 0 aliphatic heterocycles. The lowest BCUT2D eigenvalue weighted by molar-refractivity contribution is -0.138. The Kier molecular flexibility index (Phi) is 8.35. The van der Waals surface area contributed by atoms with E-state index in [1.807, 2.05) is 0 Å². The molecule has 4 N–H and O–H groups in total. The lowest BCUT2D eigenvalue weighted by Gasteiger charge is -2.26. The number of hydrogen-bond acceptors (Lipinski definition) is 7. The van der Waals surface area contributed by atoms with Crippen LogP contribution in [0.4, 0.5) is 15.8 Å². The number of nitrogens with two attached hydrogens (primary N) is 1. The van der Waals surface area contributed by atoms with Gasteiger partial charge in [-0.3, -0.25) is 19.1 Å². The minimum absolute atomic E-state index is 0.00292. The van der Waals surface area contributed by atoms with Crippen molar-refractivity contribution in [1.82, 2.24) is 30.0 Å². The van der Waals surface area contributed by atoms with Crippen LogP contribution in [0.3, 0.4) is 0 Å². The zero-order chi connectivity index (χ0) is 28.1. The summed E-state index contributed by atoms with van der Waals surface area (Å²) in [6.45, 7) is 2.96. The zero-order valence-corrected chi connectivity index (χ0v) is 21.9.